The van der Waals surface area contributed by atoms with Crippen molar-refractivity contribution in [2.75, 3.05) is 0 Å². The van der Waals surface area contributed by atoms with Gasteiger partial charge >= 0.3 is 26.2 Å². The van der Waals surface area contributed by atoms with E-state index in [1.807, 2.05) is 0 Å². The first-order chi connectivity index (χ1) is 4.55. The van der Waals surface area contributed by atoms with Gasteiger partial charge in [-0.2, -0.15) is 27.8 Å². The number of hydrogen-bond donors (Lipinski definition) is 0. The van der Waals surface area contributed by atoms with Crippen molar-refractivity contribution in [2.45, 2.75) is 34.6 Å². The molecule has 1 aromatic rings. The van der Waals surface area contributed by atoms with Crippen molar-refractivity contribution in [3.05, 3.63) is 27.8 Å². The average molecular weight is 466 g/mol. The molecule has 0 unspecified atom stereocenters. The van der Waals surface area contributed by atoms with Gasteiger partial charge in [-0.25, -0.2) is 0 Å². The Balaban J connectivity index is -0.000000125. The quantitative estimate of drug-likeness (QED) is 0.335. The largest absolute Gasteiger partial charge is 4.00 e. The Bertz CT molecular complexity index is 187. The molecule has 14 heavy (non-hydrogen) atoms. The second kappa shape index (κ2) is 9.87. The van der Waals surface area contributed by atoms with Gasteiger partial charge < -0.3 is 50.9 Å². The van der Waals surface area contributed by atoms with Gasteiger partial charge in [-0.05, 0) is 0 Å². The van der Waals surface area contributed by atoms with Crippen LogP contribution in [0, 0.1) is 34.6 Å². The smallest absolute Gasteiger partial charge is 1.00 e. The van der Waals surface area contributed by atoms with E-state index >= 15 is 0 Å². The zero-order valence-corrected chi connectivity index (χ0v) is 16.3. The summed E-state index contributed by atoms with van der Waals surface area (Å²) in [4.78, 5) is 0. The topological polar surface area (TPSA) is 0 Å². The van der Waals surface area contributed by atoms with E-state index in [4.69, 9.17) is 0 Å². The zero-order chi connectivity index (χ0) is 7.89. The zero-order valence-electron chi connectivity index (χ0n) is 9.13. The van der Waals surface area contributed by atoms with Crippen molar-refractivity contribution in [3.8, 4) is 0 Å². The molecule has 0 fully saturated rings. The second-order valence-corrected chi connectivity index (χ2v) is 3.12. The van der Waals surface area contributed by atoms with Crippen LogP contribution in [0.2, 0.25) is 0 Å². The Kier molecular flexibility index (Phi) is 17.5. The first kappa shape index (κ1) is 24.8. The molecule has 0 nitrogen and oxygen atoms in total. The molecule has 1 aromatic carbocycles. The number of hydrogen-bond acceptors (Lipinski definition) is 0. The van der Waals surface area contributed by atoms with Crippen LogP contribution in [0.25, 0.3) is 0 Å². The minimum Gasteiger partial charge on any atom is -1.00 e. The van der Waals surface area contributed by atoms with E-state index in [2.05, 4.69) is 34.6 Å². The SMILES string of the molecule is Cc1c(C)c(C)[c-](C)c1C.[Br-].[Br-].[Br-].[Zr+4]. The molecular weight excluding hydrogens is 451 g/mol. The van der Waals surface area contributed by atoms with Crippen LogP contribution >= 0.6 is 0 Å². The third-order valence-electron chi connectivity index (χ3n) is 2.81. The maximum absolute atomic E-state index is 2.20. The van der Waals surface area contributed by atoms with Gasteiger partial charge in [0.2, 0.25) is 0 Å². The summed E-state index contributed by atoms with van der Waals surface area (Å²) >= 11 is 0. The Morgan fingerprint density at radius 1 is 0.714 bits per heavy atom. The standard InChI is InChI=1S/C10H15.3BrH.Zr/c1-6-7(2)9(4)10(5)8(6)3;;;;/h1-5H3;3*1H;/q-1;;;;+4/p-3. The van der Waals surface area contributed by atoms with Crippen molar-refractivity contribution in [1.82, 2.24) is 0 Å². The normalized spacial score (nSPS) is 7.50. The maximum Gasteiger partial charge on any atom is 4.00 e. The molecule has 0 bridgehead atoms. The fourth-order valence-electron chi connectivity index (χ4n) is 1.41. The molecule has 0 aliphatic heterocycles. The first-order valence-electron chi connectivity index (χ1n) is 3.75. The summed E-state index contributed by atoms with van der Waals surface area (Å²) in [7, 11) is 0. The van der Waals surface area contributed by atoms with Crippen molar-refractivity contribution in [1.29, 1.82) is 0 Å². The Hall–Kier alpha value is 1.67. The van der Waals surface area contributed by atoms with E-state index < -0.39 is 0 Å². The predicted molar refractivity (Wildman–Crippen MR) is 45.7 cm³/mol. The molecule has 1 rings (SSSR count). The minimum atomic E-state index is 0. The van der Waals surface area contributed by atoms with Crippen LogP contribution in [0.5, 0.6) is 0 Å². The van der Waals surface area contributed by atoms with Crippen molar-refractivity contribution in [3.63, 3.8) is 0 Å². The van der Waals surface area contributed by atoms with E-state index in [-0.39, 0.29) is 77.1 Å². The van der Waals surface area contributed by atoms with E-state index in [0.29, 0.717) is 0 Å². The van der Waals surface area contributed by atoms with Crippen molar-refractivity contribution >= 4 is 0 Å². The third-order valence-corrected chi connectivity index (χ3v) is 2.81. The molecular formula is C10H15Br3Zr. The van der Waals surface area contributed by atoms with Gasteiger partial charge in [0, 0.05) is 0 Å². The third kappa shape index (κ3) is 4.68. The second-order valence-electron chi connectivity index (χ2n) is 3.12. The van der Waals surface area contributed by atoms with E-state index in [1.165, 1.54) is 27.8 Å². The van der Waals surface area contributed by atoms with Gasteiger partial charge in [-0.15, -0.1) is 0 Å². The summed E-state index contributed by atoms with van der Waals surface area (Å²) in [6.45, 7) is 11.0. The predicted octanol–water partition coefficient (Wildman–Crippen LogP) is -6.04. The molecule has 0 N–H and O–H groups in total. The molecule has 0 aliphatic carbocycles. The summed E-state index contributed by atoms with van der Waals surface area (Å²) in [5, 5.41) is 0. The fraction of sp³-hybridized carbons (Fsp3) is 0.500. The van der Waals surface area contributed by atoms with Crippen LogP contribution in [0.15, 0.2) is 0 Å². The van der Waals surface area contributed by atoms with Crippen LogP contribution in [-0.4, -0.2) is 0 Å². The van der Waals surface area contributed by atoms with Gasteiger partial charge in [0.15, 0.2) is 0 Å². The summed E-state index contributed by atoms with van der Waals surface area (Å²) in [6, 6.07) is 0. The summed E-state index contributed by atoms with van der Waals surface area (Å²) < 4.78 is 0. The van der Waals surface area contributed by atoms with Gasteiger partial charge in [0.05, 0.1) is 0 Å². The molecule has 0 aromatic heterocycles. The van der Waals surface area contributed by atoms with Gasteiger partial charge in [0.1, 0.15) is 0 Å². The number of rotatable bonds is 0. The van der Waals surface area contributed by atoms with Gasteiger partial charge in [-0.3, -0.25) is 0 Å². The van der Waals surface area contributed by atoms with Gasteiger partial charge in [0.25, 0.3) is 0 Å². The first-order valence-corrected chi connectivity index (χ1v) is 3.75. The summed E-state index contributed by atoms with van der Waals surface area (Å²) in [5.41, 5.74) is 7.34. The van der Waals surface area contributed by atoms with E-state index in [9.17, 15) is 0 Å². The van der Waals surface area contributed by atoms with E-state index in [0.717, 1.165) is 0 Å². The maximum atomic E-state index is 2.20. The average Bonchev–Trinajstić information content (AvgIpc) is 2.07. The fourth-order valence-corrected chi connectivity index (χ4v) is 1.41. The monoisotopic (exact) mass is 462 g/mol. The molecule has 80 valence electrons. The number of halogens is 3. The Morgan fingerprint density at radius 2 is 0.929 bits per heavy atom. The Morgan fingerprint density at radius 3 is 1.00 bits per heavy atom. The molecule has 0 atom stereocenters. The van der Waals surface area contributed by atoms with Crippen LogP contribution in [0.4, 0.5) is 0 Å². The summed E-state index contributed by atoms with van der Waals surface area (Å²) in [5.74, 6) is 0. The van der Waals surface area contributed by atoms with Gasteiger partial charge in [-0.1, -0.05) is 34.6 Å². The molecule has 0 amide bonds. The van der Waals surface area contributed by atoms with Crippen LogP contribution in [0.3, 0.4) is 0 Å². The minimum absolute atomic E-state index is 0. The molecule has 0 aliphatic rings. The molecule has 4 heteroatoms. The van der Waals surface area contributed by atoms with Crippen LogP contribution in [-0.2, 0) is 26.2 Å². The molecule has 0 saturated heterocycles. The van der Waals surface area contributed by atoms with Crippen LogP contribution < -0.4 is 50.9 Å². The van der Waals surface area contributed by atoms with Crippen molar-refractivity contribution in [2.24, 2.45) is 0 Å². The molecule has 0 heterocycles. The molecule has 0 saturated carbocycles. The summed E-state index contributed by atoms with van der Waals surface area (Å²) in [6.07, 6.45) is 0. The molecule has 0 spiro atoms. The van der Waals surface area contributed by atoms with Crippen molar-refractivity contribution < 1.29 is 77.1 Å². The van der Waals surface area contributed by atoms with E-state index in [1.54, 1.807) is 0 Å². The Labute approximate surface area is 138 Å². The molecule has 0 radical (unpaired) electrons. The van der Waals surface area contributed by atoms with Crippen LogP contribution in [0.1, 0.15) is 27.8 Å².